The molecule has 0 spiro atoms. The molecule has 0 radical (unpaired) electrons. The van der Waals surface area contributed by atoms with E-state index in [2.05, 4.69) is 44.3 Å². The highest BCUT2D eigenvalue weighted by Crippen LogP contribution is 2.38. The molecule has 0 heterocycles. The highest BCUT2D eigenvalue weighted by Gasteiger charge is 2.46. The summed E-state index contributed by atoms with van der Waals surface area (Å²) in [4.78, 5) is 12.3. The topological polar surface area (TPSA) is 38.3 Å². The van der Waals surface area contributed by atoms with Gasteiger partial charge in [-0.15, -0.1) is 0 Å². The van der Waals surface area contributed by atoms with Gasteiger partial charge in [-0.2, -0.15) is 0 Å². The Morgan fingerprint density at radius 3 is 2.78 bits per heavy atom. The lowest BCUT2D eigenvalue weighted by atomic mass is 9.90. The number of esters is 1. The monoisotopic (exact) mass is 247 g/mol. The van der Waals surface area contributed by atoms with Crippen molar-refractivity contribution >= 4 is 5.97 Å². The normalized spacial score (nSPS) is 22.1. The highest BCUT2D eigenvalue weighted by molar-refractivity contribution is 5.84. The predicted octanol–water partition coefficient (Wildman–Crippen LogP) is 2.31. The van der Waals surface area contributed by atoms with Gasteiger partial charge in [0, 0.05) is 6.04 Å². The van der Waals surface area contributed by atoms with Gasteiger partial charge in [0.15, 0.2) is 0 Å². The predicted molar refractivity (Wildman–Crippen MR) is 71.5 cm³/mol. The molecule has 0 bridgehead atoms. The summed E-state index contributed by atoms with van der Waals surface area (Å²) >= 11 is 0. The zero-order valence-electron chi connectivity index (χ0n) is 11.5. The molecule has 1 atom stereocenters. The molecule has 3 nitrogen and oxygen atoms in total. The lowest BCUT2D eigenvalue weighted by Gasteiger charge is -2.31. The lowest BCUT2D eigenvalue weighted by Crippen LogP contribution is -2.51. The Kier molecular flexibility index (Phi) is 3.44. The molecule has 1 aliphatic carbocycles. The first-order valence-corrected chi connectivity index (χ1v) is 6.46. The molecule has 2 rings (SSSR count). The SMILES string of the molecule is COC(=O)C1(NC(C)C)CCc2ccc(C)cc21. The van der Waals surface area contributed by atoms with E-state index in [4.69, 9.17) is 4.74 Å². The number of nitrogens with one attached hydrogen (secondary N) is 1. The van der Waals surface area contributed by atoms with Crippen LogP contribution in [-0.2, 0) is 21.5 Å². The Hall–Kier alpha value is -1.35. The Labute approximate surface area is 109 Å². The van der Waals surface area contributed by atoms with Gasteiger partial charge in [0.2, 0.25) is 0 Å². The molecule has 3 heteroatoms. The van der Waals surface area contributed by atoms with Gasteiger partial charge in [0.05, 0.1) is 7.11 Å². The third kappa shape index (κ3) is 2.03. The minimum atomic E-state index is -0.662. The van der Waals surface area contributed by atoms with Crippen LogP contribution in [0.3, 0.4) is 0 Å². The minimum Gasteiger partial charge on any atom is -0.467 e. The summed E-state index contributed by atoms with van der Waals surface area (Å²) in [5.41, 5.74) is 2.85. The standard InChI is InChI=1S/C15H21NO2/c1-10(2)16-15(14(17)18-4)8-7-12-6-5-11(3)9-13(12)15/h5-6,9-10,16H,7-8H2,1-4H3. The molecule has 18 heavy (non-hydrogen) atoms. The molecule has 0 saturated carbocycles. The second kappa shape index (κ2) is 4.73. The summed E-state index contributed by atoms with van der Waals surface area (Å²) in [5, 5.41) is 3.41. The van der Waals surface area contributed by atoms with Crippen LogP contribution in [0.4, 0.5) is 0 Å². The van der Waals surface area contributed by atoms with Crippen molar-refractivity contribution < 1.29 is 9.53 Å². The maximum Gasteiger partial charge on any atom is 0.330 e. The molecule has 0 saturated heterocycles. The van der Waals surface area contributed by atoms with Crippen LogP contribution in [0.2, 0.25) is 0 Å². The number of carbonyl (C=O) groups excluding carboxylic acids is 1. The molecule has 1 aliphatic rings. The van der Waals surface area contributed by atoms with Crippen molar-refractivity contribution in [2.24, 2.45) is 0 Å². The van der Waals surface area contributed by atoms with Gasteiger partial charge in [-0.3, -0.25) is 5.32 Å². The van der Waals surface area contributed by atoms with E-state index in [1.165, 1.54) is 18.2 Å². The van der Waals surface area contributed by atoms with Gasteiger partial charge < -0.3 is 4.74 Å². The van der Waals surface area contributed by atoms with Crippen LogP contribution >= 0.6 is 0 Å². The molecule has 0 amide bonds. The molecule has 0 aromatic heterocycles. The van der Waals surface area contributed by atoms with Crippen molar-refractivity contribution in [2.45, 2.75) is 45.2 Å². The number of hydrogen-bond donors (Lipinski definition) is 1. The van der Waals surface area contributed by atoms with Crippen molar-refractivity contribution in [2.75, 3.05) is 7.11 Å². The summed E-state index contributed by atoms with van der Waals surface area (Å²) in [7, 11) is 1.46. The molecule has 1 aromatic rings. The summed E-state index contributed by atoms with van der Waals surface area (Å²) < 4.78 is 5.03. The van der Waals surface area contributed by atoms with E-state index < -0.39 is 5.54 Å². The van der Waals surface area contributed by atoms with E-state index in [0.717, 1.165) is 18.4 Å². The fraction of sp³-hybridized carbons (Fsp3) is 0.533. The second-order valence-corrected chi connectivity index (χ2v) is 5.36. The Bertz CT molecular complexity index is 468. The Morgan fingerprint density at radius 2 is 2.17 bits per heavy atom. The first kappa shape index (κ1) is 13.1. The molecular weight excluding hydrogens is 226 g/mol. The lowest BCUT2D eigenvalue weighted by molar-refractivity contribution is -0.149. The van der Waals surface area contributed by atoms with Crippen LogP contribution in [0, 0.1) is 6.92 Å². The smallest absolute Gasteiger partial charge is 0.330 e. The number of benzene rings is 1. The van der Waals surface area contributed by atoms with E-state index in [0.29, 0.717) is 0 Å². The van der Waals surface area contributed by atoms with Gasteiger partial charge >= 0.3 is 5.97 Å². The molecule has 0 fully saturated rings. The van der Waals surface area contributed by atoms with Crippen molar-refractivity contribution in [1.29, 1.82) is 0 Å². The maximum absolute atomic E-state index is 12.3. The third-order valence-corrected chi connectivity index (χ3v) is 3.56. The molecule has 1 aromatic carbocycles. The van der Waals surface area contributed by atoms with E-state index in [9.17, 15) is 4.79 Å². The van der Waals surface area contributed by atoms with E-state index in [-0.39, 0.29) is 12.0 Å². The van der Waals surface area contributed by atoms with Crippen LogP contribution in [0.15, 0.2) is 18.2 Å². The van der Waals surface area contributed by atoms with Crippen LogP contribution in [0.1, 0.15) is 37.0 Å². The molecule has 98 valence electrons. The van der Waals surface area contributed by atoms with Gasteiger partial charge in [0.1, 0.15) is 5.54 Å². The summed E-state index contributed by atoms with van der Waals surface area (Å²) in [6, 6.07) is 6.56. The minimum absolute atomic E-state index is 0.180. The van der Waals surface area contributed by atoms with Crippen molar-refractivity contribution in [3.63, 3.8) is 0 Å². The zero-order chi connectivity index (χ0) is 13.3. The number of methoxy groups -OCH3 is 1. The highest BCUT2D eigenvalue weighted by atomic mass is 16.5. The van der Waals surface area contributed by atoms with Crippen LogP contribution in [-0.4, -0.2) is 19.1 Å². The number of aryl methyl sites for hydroxylation is 2. The van der Waals surface area contributed by atoms with Crippen LogP contribution in [0.25, 0.3) is 0 Å². The van der Waals surface area contributed by atoms with Gasteiger partial charge in [0.25, 0.3) is 0 Å². The number of rotatable bonds is 3. The first-order valence-electron chi connectivity index (χ1n) is 6.46. The quantitative estimate of drug-likeness (QED) is 0.833. The maximum atomic E-state index is 12.3. The molecule has 1 N–H and O–H groups in total. The average Bonchev–Trinajstić information content (AvgIpc) is 2.67. The average molecular weight is 247 g/mol. The number of carbonyl (C=O) groups is 1. The fourth-order valence-electron chi connectivity index (χ4n) is 2.85. The fourth-order valence-corrected chi connectivity index (χ4v) is 2.85. The van der Waals surface area contributed by atoms with Crippen molar-refractivity contribution in [3.05, 3.63) is 34.9 Å². The Balaban J connectivity index is 2.51. The van der Waals surface area contributed by atoms with E-state index in [1.807, 2.05) is 0 Å². The molecule has 1 unspecified atom stereocenters. The second-order valence-electron chi connectivity index (χ2n) is 5.36. The first-order chi connectivity index (χ1) is 8.49. The van der Waals surface area contributed by atoms with Crippen LogP contribution < -0.4 is 5.32 Å². The van der Waals surface area contributed by atoms with Crippen molar-refractivity contribution in [3.8, 4) is 0 Å². The summed E-state index contributed by atoms with van der Waals surface area (Å²) in [6.45, 7) is 6.16. The number of fused-ring (bicyclic) bond motifs is 1. The van der Waals surface area contributed by atoms with Gasteiger partial charge in [-0.25, -0.2) is 4.79 Å². The molecule has 0 aliphatic heterocycles. The van der Waals surface area contributed by atoms with E-state index >= 15 is 0 Å². The third-order valence-electron chi connectivity index (χ3n) is 3.56. The molecular formula is C15H21NO2. The number of hydrogen-bond acceptors (Lipinski definition) is 3. The van der Waals surface area contributed by atoms with Crippen LogP contribution in [0.5, 0.6) is 0 Å². The van der Waals surface area contributed by atoms with Crippen molar-refractivity contribution in [1.82, 2.24) is 5.32 Å². The van der Waals surface area contributed by atoms with E-state index in [1.54, 1.807) is 0 Å². The summed E-state index contributed by atoms with van der Waals surface area (Å²) in [5.74, 6) is -0.180. The Morgan fingerprint density at radius 1 is 1.44 bits per heavy atom. The van der Waals surface area contributed by atoms with Gasteiger partial charge in [-0.1, -0.05) is 23.8 Å². The number of ether oxygens (including phenoxy) is 1. The zero-order valence-corrected chi connectivity index (χ0v) is 11.5. The largest absolute Gasteiger partial charge is 0.467 e. The van der Waals surface area contributed by atoms with Gasteiger partial charge in [-0.05, 0) is 44.7 Å². The summed E-state index contributed by atoms with van der Waals surface area (Å²) in [6.07, 6.45) is 1.70.